The van der Waals surface area contributed by atoms with Gasteiger partial charge < -0.3 is 10.2 Å². The molecule has 1 N–H and O–H groups in total. The maximum Gasteiger partial charge on any atom is 0.0416 e. The van der Waals surface area contributed by atoms with Crippen LogP contribution in [-0.4, -0.2) is 30.1 Å². The largest absolute Gasteiger partial charge is 0.306 e. The third kappa shape index (κ3) is 4.30. The van der Waals surface area contributed by atoms with E-state index in [1.54, 1.807) is 0 Å². The van der Waals surface area contributed by atoms with Gasteiger partial charge in [0.2, 0.25) is 0 Å². The van der Waals surface area contributed by atoms with E-state index in [0.717, 1.165) is 0 Å². The summed E-state index contributed by atoms with van der Waals surface area (Å²) in [4.78, 5) is 4.10. The van der Waals surface area contributed by atoms with Gasteiger partial charge in [-0.3, -0.25) is 0 Å². The first-order chi connectivity index (χ1) is 9.20. The van der Waals surface area contributed by atoms with Crippen molar-refractivity contribution in [3.63, 3.8) is 0 Å². The fourth-order valence-electron chi connectivity index (χ4n) is 2.95. The van der Waals surface area contributed by atoms with Gasteiger partial charge in [0, 0.05) is 23.0 Å². The second-order valence-corrected chi connectivity index (χ2v) is 6.91. The first-order valence-corrected chi connectivity index (χ1v) is 8.62. The van der Waals surface area contributed by atoms with Crippen LogP contribution in [0.5, 0.6) is 0 Å². The molecule has 1 fully saturated rings. The highest BCUT2D eigenvalue weighted by Gasteiger charge is 2.23. The molecule has 19 heavy (non-hydrogen) atoms. The molecule has 0 bridgehead atoms. The molecule has 1 atom stereocenters. The van der Waals surface area contributed by atoms with Crippen LogP contribution >= 0.6 is 11.3 Å². The molecule has 2 rings (SSSR count). The van der Waals surface area contributed by atoms with Crippen LogP contribution in [0, 0.1) is 0 Å². The normalized spacial score (nSPS) is 20.0. The number of hydrogen-bond acceptors (Lipinski definition) is 3. The third-order valence-corrected chi connectivity index (χ3v) is 5.15. The molecule has 108 valence electrons. The van der Waals surface area contributed by atoms with Crippen LogP contribution in [0.15, 0.2) is 17.5 Å². The van der Waals surface area contributed by atoms with Crippen molar-refractivity contribution in [1.29, 1.82) is 0 Å². The predicted molar refractivity (Wildman–Crippen MR) is 84.8 cm³/mol. The summed E-state index contributed by atoms with van der Waals surface area (Å²) in [7, 11) is 0. The maximum atomic E-state index is 3.90. The lowest BCUT2D eigenvalue weighted by atomic mass is 10.0. The van der Waals surface area contributed by atoms with Gasteiger partial charge in [0.05, 0.1) is 0 Å². The number of nitrogens with one attached hydrogen (secondary N) is 1. The average Bonchev–Trinajstić information content (AvgIpc) is 2.92. The van der Waals surface area contributed by atoms with Gasteiger partial charge in [0.25, 0.3) is 0 Å². The van der Waals surface area contributed by atoms with E-state index in [4.69, 9.17) is 0 Å². The summed E-state index contributed by atoms with van der Waals surface area (Å²) >= 11 is 1.89. The van der Waals surface area contributed by atoms with Gasteiger partial charge >= 0.3 is 0 Å². The lowest BCUT2D eigenvalue weighted by molar-refractivity contribution is 0.155. The Morgan fingerprint density at radius 2 is 2.11 bits per heavy atom. The van der Waals surface area contributed by atoms with E-state index < -0.39 is 0 Å². The summed E-state index contributed by atoms with van der Waals surface area (Å²) in [6.07, 6.45) is 5.10. The standard InChI is InChI=1S/C16H28N2S/c1-4-6-15(16-7-5-12-19-16)17-14-8-10-18(11-9-14)13(2)3/h5,7,12-15,17H,4,6,8-11H2,1-3H3. The minimum atomic E-state index is 0.570. The molecule has 1 aromatic heterocycles. The summed E-state index contributed by atoms with van der Waals surface area (Å²) in [5, 5.41) is 6.10. The number of nitrogens with zero attached hydrogens (tertiary/aromatic N) is 1. The topological polar surface area (TPSA) is 15.3 Å². The predicted octanol–water partition coefficient (Wildman–Crippen LogP) is 4.05. The molecule has 2 heterocycles. The molecule has 0 amide bonds. The molecule has 2 nitrogen and oxygen atoms in total. The Kier molecular flexibility index (Phi) is 5.86. The Labute approximate surface area is 122 Å². The van der Waals surface area contributed by atoms with Gasteiger partial charge in [-0.05, 0) is 57.6 Å². The average molecular weight is 280 g/mol. The Bertz CT molecular complexity index is 340. The number of hydrogen-bond donors (Lipinski definition) is 1. The quantitative estimate of drug-likeness (QED) is 0.845. The molecule has 1 unspecified atom stereocenters. The lowest BCUT2D eigenvalue weighted by Crippen LogP contribution is -2.45. The van der Waals surface area contributed by atoms with E-state index in [1.165, 1.54) is 43.6 Å². The van der Waals surface area contributed by atoms with Crippen LogP contribution in [0.3, 0.4) is 0 Å². The van der Waals surface area contributed by atoms with Crippen LogP contribution in [0.2, 0.25) is 0 Å². The van der Waals surface area contributed by atoms with Crippen molar-refractivity contribution < 1.29 is 0 Å². The first-order valence-electron chi connectivity index (χ1n) is 7.74. The van der Waals surface area contributed by atoms with Crippen molar-refractivity contribution in [2.24, 2.45) is 0 Å². The van der Waals surface area contributed by atoms with Crippen LogP contribution < -0.4 is 5.32 Å². The lowest BCUT2D eigenvalue weighted by Gasteiger charge is -2.36. The third-order valence-electron chi connectivity index (χ3n) is 4.16. The Morgan fingerprint density at radius 1 is 1.37 bits per heavy atom. The van der Waals surface area contributed by atoms with Crippen LogP contribution in [0.1, 0.15) is 57.4 Å². The molecule has 0 spiro atoms. The van der Waals surface area contributed by atoms with Crippen molar-refractivity contribution in [2.45, 2.75) is 64.6 Å². The summed E-state index contributed by atoms with van der Waals surface area (Å²) in [5.41, 5.74) is 0. The van der Waals surface area contributed by atoms with E-state index in [0.29, 0.717) is 18.1 Å². The van der Waals surface area contributed by atoms with Gasteiger partial charge in [-0.1, -0.05) is 19.4 Å². The highest BCUT2D eigenvalue weighted by atomic mass is 32.1. The van der Waals surface area contributed by atoms with Crippen molar-refractivity contribution >= 4 is 11.3 Å². The summed E-state index contributed by atoms with van der Waals surface area (Å²) in [5.74, 6) is 0. The molecule has 3 heteroatoms. The maximum absolute atomic E-state index is 3.90. The number of likely N-dealkylation sites (tertiary alicyclic amines) is 1. The van der Waals surface area contributed by atoms with E-state index in [1.807, 2.05) is 11.3 Å². The zero-order valence-corrected chi connectivity index (χ0v) is 13.4. The van der Waals surface area contributed by atoms with Crippen molar-refractivity contribution in [3.05, 3.63) is 22.4 Å². The molecule has 0 radical (unpaired) electrons. The van der Waals surface area contributed by atoms with Crippen molar-refractivity contribution in [1.82, 2.24) is 10.2 Å². The summed E-state index contributed by atoms with van der Waals surface area (Å²) in [6, 6.07) is 6.42. The Hall–Kier alpha value is -0.380. The van der Waals surface area contributed by atoms with Gasteiger partial charge in [0.1, 0.15) is 0 Å². The van der Waals surface area contributed by atoms with Crippen LogP contribution in [0.25, 0.3) is 0 Å². The molecule has 1 aliphatic heterocycles. The second-order valence-electron chi connectivity index (χ2n) is 5.93. The SMILES string of the molecule is CCCC(NC1CCN(C(C)C)CC1)c1cccs1. The van der Waals surface area contributed by atoms with E-state index in [-0.39, 0.29) is 0 Å². The van der Waals surface area contributed by atoms with Gasteiger partial charge in [0.15, 0.2) is 0 Å². The molecular formula is C16H28N2S. The van der Waals surface area contributed by atoms with Crippen LogP contribution in [0.4, 0.5) is 0 Å². The highest BCUT2D eigenvalue weighted by molar-refractivity contribution is 7.10. The first kappa shape index (κ1) is 15.0. The monoisotopic (exact) mass is 280 g/mol. The second kappa shape index (κ2) is 7.41. The van der Waals surface area contributed by atoms with E-state index in [2.05, 4.69) is 48.5 Å². The molecular weight excluding hydrogens is 252 g/mol. The highest BCUT2D eigenvalue weighted by Crippen LogP contribution is 2.25. The number of piperidine rings is 1. The number of rotatable bonds is 6. The summed E-state index contributed by atoms with van der Waals surface area (Å²) in [6.45, 7) is 9.39. The Morgan fingerprint density at radius 3 is 2.63 bits per heavy atom. The van der Waals surface area contributed by atoms with Crippen molar-refractivity contribution in [2.75, 3.05) is 13.1 Å². The zero-order chi connectivity index (χ0) is 13.7. The van der Waals surface area contributed by atoms with Gasteiger partial charge in [-0.15, -0.1) is 11.3 Å². The number of thiophene rings is 1. The fraction of sp³-hybridized carbons (Fsp3) is 0.750. The zero-order valence-electron chi connectivity index (χ0n) is 12.6. The minimum Gasteiger partial charge on any atom is -0.306 e. The molecule has 0 aliphatic carbocycles. The van der Waals surface area contributed by atoms with Crippen molar-refractivity contribution in [3.8, 4) is 0 Å². The van der Waals surface area contributed by atoms with E-state index >= 15 is 0 Å². The van der Waals surface area contributed by atoms with Gasteiger partial charge in [-0.2, -0.15) is 0 Å². The smallest absolute Gasteiger partial charge is 0.0416 e. The molecule has 0 saturated carbocycles. The minimum absolute atomic E-state index is 0.570. The molecule has 1 aliphatic rings. The van der Waals surface area contributed by atoms with Crippen LogP contribution in [-0.2, 0) is 0 Å². The molecule has 1 aromatic rings. The summed E-state index contributed by atoms with van der Waals surface area (Å²) < 4.78 is 0. The molecule has 0 aromatic carbocycles. The fourth-order valence-corrected chi connectivity index (χ4v) is 3.77. The Balaban J connectivity index is 1.85. The van der Waals surface area contributed by atoms with Gasteiger partial charge in [-0.25, -0.2) is 0 Å². The molecule has 1 saturated heterocycles. The van der Waals surface area contributed by atoms with E-state index in [9.17, 15) is 0 Å².